The molecule has 0 bridgehead atoms. The summed E-state index contributed by atoms with van der Waals surface area (Å²) in [6.07, 6.45) is 2.48. The summed E-state index contributed by atoms with van der Waals surface area (Å²) in [6, 6.07) is 10.8. The fourth-order valence-corrected chi connectivity index (χ4v) is 2.00. The molecule has 0 aromatic heterocycles. The van der Waals surface area contributed by atoms with Crippen LogP contribution < -0.4 is 24.8 Å². The molecule has 0 amide bonds. The van der Waals surface area contributed by atoms with Gasteiger partial charge in [-0.2, -0.15) is 52.1 Å². The first-order chi connectivity index (χ1) is 10.3. The third-order valence-corrected chi connectivity index (χ3v) is 5.45. The van der Waals surface area contributed by atoms with Crippen LogP contribution in [0.25, 0.3) is 0 Å². The summed E-state index contributed by atoms with van der Waals surface area (Å²) in [4.78, 5) is 0. The fourth-order valence-electron chi connectivity index (χ4n) is 2.00. The van der Waals surface area contributed by atoms with Crippen LogP contribution in [-0.4, -0.2) is 9.52 Å². The molecule has 0 saturated carbocycles. The second-order valence-corrected chi connectivity index (χ2v) is 8.38. The SMILES string of the molecule is CCCc1cc[cH-]c1.C[SiH]C(C)C.Cc1c[c-](C)c(C)c1C.[Cl-].[Cl-].[Zr+4]. The Labute approximate surface area is 191 Å². The minimum atomic E-state index is 0. The third kappa shape index (κ3) is 15.2. The van der Waals surface area contributed by atoms with Gasteiger partial charge in [0.1, 0.15) is 0 Å². The fraction of sp³-hybridized carbons (Fsp3) is 0.524. The molecule has 141 valence electrons. The number of halogens is 2. The van der Waals surface area contributed by atoms with E-state index >= 15 is 0 Å². The van der Waals surface area contributed by atoms with Crippen LogP contribution in [0, 0.1) is 27.7 Å². The number of hydrogen-bond acceptors (Lipinski definition) is 0. The zero-order valence-corrected chi connectivity index (χ0v) is 22.3. The standard InChI is InChI=1S/C9H13.C8H11.C4H11Si.2ClH.Zr/c1-6-5-7(2)9(4)8(6)3;1-2-5-8-6-3-4-7-8;1-4(2)5-3;;;/h5H,1-4H3;3-4,6-7H,2,5H2,1H3;4-5H,1-3H3;2*1H;/q2*-1;;;;+4/p-2. The number of rotatable bonds is 3. The van der Waals surface area contributed by atoms with Crippen LogP contribution >= 0.6 is 0 Å². The van der Waals surface area contributed by atoms with Gasteiger partial charge in [0, 0.05) is 9.52 Å². The van der Waals surface area contributed by atoms with Gasteiger partial charge in [-0.25, -0.2) is 6.07 Å². The first-order valence-electron chi connectivity index (χ1n) is 8.53. The molecule has 0 N–H and O–H groups in total. The molecule has 0 spiro atoms. The van der Waals surface area contributed by atoms with Crippen molar-refractivity contribution in [3.8, 4) is 0 Å². The Balaban J connectivity index is -0.000000129. The third-order valence-electron chi connectivity index (χ3n) is 4.12. The molecular weight excluding hydrogens is 442 g/mol. The van der Waals surface area contributed by atoms with Crippen molar-refractivity contribution in [3.63, 3.8) is 0 Å². The molecule has 0 saturated heterocycles. The van der Waals surface area contributed by atoms with E-state index in [0.717, 1.165) is 15.1 Å². The Kier molecular flexibility index (Phi) is 25.3. The van der Waals surface area contributed by atoms with Crippen molar-refractivity contribution in [2.45, 2.75) is 73.4 Å². The summed E-state index contributed by atoms with van der Waals surface area (Å²) in [7, 11) is 0.731. The molecule has 0 nitrogen and oxygen atoms in total. The quantitative estimate of drug-likeness (QED) is 0.441. The molecule has 2 aromatic carbocycles. The summed E-state index contributed by atoms with van der Waals surface area (Å²) < 4.78 is 0. The minimum absolute atomic E-state index is 0. The predicted octanol–water partition coefficient (Wildman–Crippen LogP) is 0.302. The average Bonchev–Trinajstić information content (AvgIpc) is 3.06. The van der Waals surface area contributed by atoms with Gasteiger partial charge in [0.2, 0.25) is 0 Å². The Morgan fingerprint density at radius 2 is 1.68 bits per heavy atom. The van der Waals surface area contributed by atoms with Gasteiger partial charge in [-0.15, -0.1) is 0 Å². The van der Waals surface area contributed by atoms with Crippen LogP contribution in [0.4, 0.5) is 0 Å². The molecule has 0 atom stereocenters. The summed E-state index contributed by atoms with van der Waals surface area (Å²) in [5.41, 5.74) is 8.18. The summed E-state index contributed by atoms with van der Waals surface area (Å²) in [5.74, 6) is 0. The minimum Gasteiger partial charge on any atom is -1.00 e. The molecule has 2 aromatic rings. The molecule has 0 unspecified atom stereocenters. The topological polar surface area (TPSA) is 0 Å². The van der Waals surface area contributed by atoms with Gasteiger partial charge in [-0.05, 0) is 0 Å². The van der Waals surface area contributed by atoms with Gasteiger partial charge in [0.25, 0.3) is 0 Å². The maximum Gasteiger partial charge on any atom is 4.00 e. The molecule has 0 heterocycles. The van der Waals surface area contributed by atoms with Crippen molar-refractivity contribution >= 4 is 9.52 Å². The van der Waals surface area contributed by atoms with Gasteiger partial charge in [-0.1, -0.05) is 73.4 Å². The molecule has 0 aliphatic heterocycles. The van der Waals surface area contributed by atoms with Crippen LogP contribution in [-0.2, 0) is 32.6 Å². The van der Waals surface area contributed by atoms with E-state index in [9.17, 15) is 0 Å². The summed E-state index contributed by atoms with van der Waals surface area (Å²) in [5, 5.41) is 0. The smallest absolute Gasteiger partial charge is 1.00 e. The Morgan fingerprint density at radius 1 is 1.16 bits per heavy atom. The maximum atomic E-state index is 2.28. The molecule has 0 aliphatic rings. The van der Waals surface area contributed by atoms with E-state index in [-0.39, 0.29) is 51.0 Å². The second-order valence-electron chi connectivity index (χ2n) is 6.38. The van der Waals surface area contributed by atoms with Gasteiger partial charge in [-0.3, -0.25) is 0 Å². The van der Waals surface area contributed by atoms with E-state index < -0.39 is 0 Å². The van der Waals surface area contributed by atoms with E-state index in [0.29, 0.717) is 0 Å². The predicted molar refractivity (Wildman–Crippen MR) is 105 cm³/mol. The molecule has 4 heteroatoms. The molecule has 1 radical (unpaired) electrons. The number of aryl methyl sites for hydroxylation is 3. The van der Waals surface area contributed by atoms with Crippen LogP contribution in [0.15, 0.2) is 30.3 Å². The monoisotopic (exact) mass is 475 g/mol. The normalized spacial score (nSPS) is 8.68. The first-order valence-corrected chi connectivity index (χ1v) is 10.4. The van der Waals surface area contributed by atoms with Crippen molar-refractivity contribution in [3.05, 3.63) is 58.1 Å². The second kappa shape index (κ2) is 19.2. The van der Waals surface area contributed by atoms with Crippen LogP contribution in [0.1, 0.15) is 55.0 Å². The van der Waals surface area contributed by atoms with E-state index in [1.165, 1.54) is 40.7 Å². The van der Waals surface area contributed by atoms with Crippen molar-refractivity contribution in [1.29, 1.82) is 0 Å². The van der Waals surface area contributed by atoms with E-state index in [4.69, 9.17) is 0 Å². The van der Waals surface area contributed by atoms with Gasteiger partial charge >= 0.3 is 26.2 Å². The molecule has 25 heavy (non-hydrogen) atoms. The zero-order chi connectivity index (χ0) is 17.1. The van der Waals surface area contributed by atoms with Crippen molar-refractivity contribution in [2.24, 2.45) is 0 Å². The average molecular weight is 478 g/mol. The van der Waals surface area contributed by atoms with E-state index in [2.05, 4.69) is 85.3 Å². The molecule has 2 rings (SSSR count). The summed E-state index contributed by atoms with van der Waals surface area (Å²) in [6.45, 7) is 17.7. The first kappa shape index (κ1) is 33.0. The van der Waals surface area contributed by atoms with Crippen molar-refractivity contribution in [1.82, 2.24) is 0 Å². The zero-order valence-electron chi connectivity index (χ0n) is 17.2. The molecule has 0 fully saturated rings. The van der Waals surface area contributed by atoms with E-state index in [1.807, 2.05) is 0 Å². The number of hydrogen-bond donors (Lipinski definition) is 0. The van der Waals surface area contributed by atoms with Gasteiger partial charge < -0.3 is 24.8 Å². The van der Waals surface area contributed by atoms with Crippen LogP contribution in [0.5, 0.6) is 0 Å². The van der Waals surface area contributed by atoms with Crippen molar-refractivity contribution < 1.29 is 51.0 Å². The van der Waals surface area contributed by atoms with Gasteiger partial charge in [0.15, 0.2) is 0 Å². The van der Waals surface area contributed by atoms with Gasteiger partial charge in [0.05, 0.1) is 0 Å². The summed E-state index contributed by atoms with van der Waals surface area (Å²) >= 11 is 0. The maximum absolute atomic E-state index is 2.28. The van der Waals surface area contributed by atoms with Crippen LogP contribution in [0.2, 0.25) is 12.1 Å². The Hall–Kier alpha value is 0.380. The molecule has 0 aliphatic carbocycles. The molecular formula is C21H35Cl2SiZr. The van der Waals surface area contributed by atoms with Crippen LogP contribution in [0.3, 0.4) is 0 Å². The van der Waals surface area contributed by atoms with E-state index in [1.54, 1.807) is 0 Å². The Morgan fingerprint density at radius 3 is 1.88 bits per heavy atom. The van der Waals surface area contributed by atoms with Crippen molar-refractivity contribution in [2.75, 3.05) is 0 Å². The largest absolute Gasteiger partial charge is 4.00 e. The Bertz CT molecular complexity index is 480.